The standard InChI is InChI=1S/C10H10Cl2N2O/c11-8-3-1-2-7(9(8)12)6-14-5-4-13-10(14)15/h1-3H,4-6H2,(H,13,15). The molecule has 2 rings (SSSR count). The van der Waals surface area contributed by atoms with Crippen LogP contribution in [0.15, 0.2) is 18.2 Å². The zero-order chi connectivity index (χ0) is 10.8. The number of rotatable bonds is 2. The summed E-state index contributed by atoms with van der Waals surface area (Å²) in [5.74, 6) is 0. The normalized spacial score (nSPS) is 15.6. The molecule has 1 aromatic rings. The maximum atomic E-state index is 11.3. The molecule has 0 spiro atoms. The Morgan fingerprint density at radius 2 is 2.20 bits per heavy atom. The van der Waals surface area contributed by atoms with Gasteiger partial charge in [-0.25, -0.2) is 4.79 Å². The van der Waals surface area contributed by atoms with Crippen molar-refractivity contribution in [3.05, 3.63) is 33.8 Å². The highest BCUT2D eigenvalue weighted by Crippen LogP contribution is 2.26. The van der Waals surface area contributed by atoms with Crippen molar-refractivity contribution in [2.24, 2.45) is 0 Å². The van der Waals surface area contributed by atoms with Crippen LogP contribution in [0.2, 0.25) is 10.0 Å². The monoisotopic (exact) mass is 244 g/mol. The van der Waals surface area contributed by atoms with Crippen molar-refractivity contribution >= 4 is 29.2 Å². The van der Waals surface area contributed by atoms with Gasteiger partial charge in [0.25, 0.3) is 0 Å². The largest absolute Gasteiger partial charge is 0.336 e. The lowest BCUT2D eigenvalue weighted by Crippen LogP contribution is -2.27. The van der Waals surface area contributed by atoms with E-state index in [1.165, 1.54) is 0 Å². The Labute approximate surface area is 98.0 Å². The van der Waals surface area contributed by atoms with E-state index in [0.717, 1.165) is 5.56 Å². The zero-order valence-electron chi connectivity index (χ0n) is 7.96. The van der Waals surface area contributed by atoms with Crippen molar-refractivity contribution in [2.45, 2.75) is 6.54 Å². The molecule has 5 heteroatoms. The Bertz CT molecular complexity index is 395. The number of carbonyl (C=O) groups is 1. The Hall–Kier alpha value is -0.930. The van der Waals surface area contributed by atoms with Gasteiger partial charge in [-0.3, -0.25) is 0 Å². The molecule has 0 saturated carbocycles. The number of nitrogens with one attached hydrogen (secondary N) is 1. The van der Waals surface area contributed by atoms with Gasteiger partial charge in [0.2, 0.25) is 0 Å². The second kappa shape index (κ2) is 4.29. The smallest absolute Gasteiger partial charge is 0.317 e. The third kappa shape index (κ3) is 2.19. The molecule has 1 heterocycles. The minimum Gasteiger partial charge on any atom is -0.336 e. The molecular weight excluding hydrogens is 235 g/mol. The predicted octanol–water partition coefficient (Wildman–Crippen LogP) is 2.52. The maximum absolute atomic E-state index is 11.3. The first-order valence-corrected chi connectivity index (χ1v) is 5.40. The average Bonchev–Trinajstić information content (AvgIpc) is 2.60. The van der Waals surface area contributed by atoms with E-state index < -0.39 is 0 Å². The molecule has 1 saturated heterocycles. The van der Waals surface area contributed by atoms with Crippen LogP contribution in [0.4, 0.5) is 4.79 Å². The van der Waals surface area contributed by atoms with Crippen LogP contribution in [0.5, 0.6) is 0 Å². The summed E-state index contributed by atoms with van der Waals surface area (Å²) >= 11 is 11.9. The summed E-state index contributed by atoms with van der Waals surface area (Å²) < 4.78 is 0. The van der Waals surface area contributed by atoms with Gasteiger partial charge in [0.05, 0.1) is 10.0 Å². The molecule has 0 atom stereocenters. The van der Waals surface area contributed by atoms with Crippen molar-refractivity contribution in [3.8, 4) is 0 Å². The summed E-state index contributed by atoms with van der Waals surface area (Å²) in [7, 11) is 0. The number of halogens is 2. The first-order valence-electron chi connectivity index (χ1n) is 4.64. The molecule has 1 aliphatic heterocycles. The Kier molecular flexibility index (Phi) is 3.03. The highest BCUT2D eigenvalue weighted by atomic mass is 35.5. The summed E-state index contributed by atoms with van der Waals surface area (Å²) in [4.78, 5) is 13.0. The molecule has 0 aliphatic carbocycles. The minimum absolute atomic E-state index is 0.0500. The highest BCUT2D eigenvalue weighted by Gasteiger charge is 2.20. The molecule has 1 N–H and O–H groups in total. The predicted molar refractivity (Wildman–Crippen MR) is 60.3 cm³/mol. The van der Waals surface area contributed by atoms with Crippen molar-refractivity contribution in [2.75, 3.05) is 13.1 Å². The molecule has 1 fully saturated rings. The van der Waals surface area contributed by atoms with E-state index >= 15 is 0 Å². The van der Waals surface area contributed by atoms with Crippen LogP contribution in [-0.4, -0.2) is 24.0 Å². The van der Waals surface area contributed by atoms with E-state index in [1.54, 1.807) is 11.0 Å². The third-order valence-electron chi connectivity index (χ3n) is 2.34. The van der Waals surface area contributed by atoms with E-state index in [9.17, 15) is 4.79 Å². The van der Waals surface area contributed by atoms with Gasteiger partial charge < -0.3 is 10.2 Å². The molecule has 0 bridgehead atoms. The molecule has 0 unspecified atom stereocenters. The highest BCUT2D eigenvalue weighted by molar-refractivity contribution is 6.42. The number of nitrogens with zero attached hydrogens (tertiary/aromatic N) is 1. The Balaban J connectivity index is 2.17. The lowest BCUT2D eigenvalue weighted by molar-refractivity contribution is 0.215. The van der Waals surface area contributed by atoms with Crippen molar-refractivity contribution < 1.29 is 4.79 Å². The molecule has 15 heavy (non-hydrogen) atoms. The summed E-state index contributed by atoms with van der Waals surface area (Å²) in [5, 5.41) is 3.78. The quantitative estimate of drug-likeness (QED) is 0.853. The van der Waals surface area contributed by atoms with Gasteiger partial charge in [0.15, 0.2) is 0 Å². The van der Waals surface area contributed by atoms with Gasteiger partial charge in [0, 0.05) is 19.6 Å². The number of carbonyl (C=O) groups excluding carboxylic acids is 1. The molecule has 1 aromatic carbocycles. The van der Waals surface area contributed by atoms with Crippen LogP contribution in [-0.2, 0) is 6.54 Å². The molecule has 1 aliphatic rings. The second-order valence-electron chi connectivity index (χ2n) is 3.37. The summed E-state index contributed by atoms with van der Waals surface area (Å²) in [5.41, 5.74) is 0.876. The molecule has 0 aromatic heterocycles. The summed E-state index contributed by atoms with van der Waals surface area (Å²) in [6.45, 7) is 1.91. The fourth-order valence-corrected chi connectivity index (χ4v) is 1.92. The topological polar surface area (TPSA) is 32.3 Å². The molecule has 2 amide bonds. The minimum atomic E-state index is -0.0500. The van der Waals surface area contributed by atoms with E-state index in [1.807, 2.05) is 12.1 Å². The fourth-order valence-electron chi connectivity index (χ4n) is 1.54. The first-order chi connectivity index (χ1) is 7.18. The number of benzene rings is 1. The third-order valence-corrected chi connectivity index (χ3v) is 3.20. The molecular formula is C10H10Cl2N2O. The van der Waals surface area contributed by atoms with Gasteiger partial charge in [-0.2, -0.15) is 0 Å². The van der Waals surface area contributed by atoms with Crippen LogP contribution >= 0.6 is 23.2 Å². The number of urea groups is 1. The lowest BCUT2D eigenvalue weighted by atomic mass is 10.2. The van der Waals surface area contributed by atoms with Gasteiger partial charge in [0.1, 0.15) is 0 Å². The Morgan fingerprint density at radius 3 is 2.87 bits per heavy atom. The Morgan fingerprint density at radius 1 is 1.40 bits per heavy atom. The van der Waals surface area contributed by atoms with Crippen LogP contribution < -0.4 is 5.32 Å². The van der Waals surface area contributed by atoms with Crippen molar-refractivity contribution in [1.82, 2.24) is 10.2 Å². The van der Waals surface area contributed by atoms with Crippen LogP contribution in [0.25, 0.3) is 0 Å². The molecule has 80 valence electrons. The summed E-state index contributed by atoms with van der Waals surface area (Å²) in [6.07, 6.45) is 0. The van der Waals surface area contributed by atoms with E-state index in [2.05, 4.69) is 5.32 Å². The van der Waals surface area contributed by atoms with Gasteiger partial charge in [-0.05, 0) is 11.6 Å². The van der Waals surface area contributed by atoms with Gasteiger partial charge in [-0.15, -0.1) is 0 Å². The number of hydrogen-bond donors (Lipinski definition) is 1. The van der Waals surface area contributed by atoms with Crippen molar-refractivity contribution in [3.63, 3.8) is 0 Å². The number of amides is 2. The van der Waals surface area contributed by atoms with Gasteiger partial charge >= 0.3 is 6.03 Å². The van der Waals surface area contributed by atoms with Gasteiger partial charge in [-0.1, -0.05) is 35.3 Å². The SMILES string of the molecule is O=C1NCCN1Cc1cccc(Cl)c1Cl. The lowest BCUT2D eigenvalue weighted by Gasteiger charge is -2.15. The molecule has 0 radical (unpaired) electrons. The zero-order valence-corrected chi connectivity index (χ0v) is 9.48. The molecule has 3 nitrogen and oxygen atoms in total. The second-order valence-corrected chi connectivity index (χ2v) is 4.15. The maximum Gasteiger partial charge on any atom is 0.317 e. The van der Waals surface area contributed by atoms with Crippen LogP contribution in [0.1, 0.15) is 5.56 Å². The van der Waals surface area contributed by atoms with E-state index in [-0.39, 0.29) is 6.03 Å². The number of hydrogen-bond acceptors (Lipinski definition) is 1. The van der Waals surface area contributed by atoms with E-state index in [0.29, 0.717) is 29.7 Å². The summed E-state index contributed by atoms with van der Waals surface area (Å²) in [6, 6.07) is 5.39. The van der Waals surface area contributed by atoms with Crippen molar-refractivity contribution in [1.29, 1.82) is 0 Å². The van der Waals surface area contributed by atoms with Crippen LogP contribution in [0.3, 0.4) is 0 Å². The first kappa shape index (κ1) is 10.6. The van der Waals surface area contributed by atoms with Crippen LogP contribution in [0, 0.1) is 0 Å². The average molecular weight is 245 g/mol. The fraction of sp³-hybridized carbons (Fsp3) is 0.300. The van der Waals surface area contributed by atoms with E-state index in [4.69, 9.17) is 23.2 Å².